The first-order valence-corrected chi connectivity index (χ1v) is 21.4. The molecule has 0 saturated carbocycles. The summed E-state index contributed by atoms with van der Waals surface area (Å²) < 4.78 is 9.03. The maximum Gasteiger partial charge on any atom is 0.144 e. The van der Waals surface area contributed by atoms with Crippen molar-refractivity contribution in [3.05, 3.63) is 211 Å². The van der Waals surface area contributed by atoms with Crippen LogP contribution in [0.1, 0.15) is 25.0 Å². The highest BCUT2D eigenvalue weighted by Gasteiger charge is 2.36. The molecule has 1 aliphatic carbocycles. The van der Waals surface area contributed by atoms with Gasteiger partial charge in [-0.15, -0.1) is 0 Å². The first kappa shape index (κ1) is 34.9. The Bertz CT molecular complexity index is 3780. The van der Waals surface area contributed by atoms with Gasteiger partial charge in [-0.05, 0) is 95.1 Å². The quantitative estimate of drug-likeness (QED) is 0.163. The lowest BCUT2D eigenvalue weighted by molar-refractivity contribution is 0.660. The zero-order valence-corrected chi connectivity index (χ0v) is 34.3. The average molecular weight is 794 g/mol. The van der Waals surface area contributed by atoms with Gasteiger partial charge in [-0.3, -0.25) is 0 Å². The summed E-state index contributed by atoms with van der Waals surface area (Å²) in [6, 6.07) is 72.3. The number of hydrogen-bond donors (Lipinski definition) is 0. The molecule has 0 atom stereocenters. The molecule has 3 heterocycles. The Labute approximate surface area is 358 Å². The summed E-state index contributed by atoms with van der Waals surface area (Å²) in [5.41, 5.74) is 16.6. The van der Waals surface area contributed by atoms with Crippen LogP contribution in [-0.2, 0) is 5.41 Å². The number of rotatable bonds is 5. The molecule has 3 aromatic heterocycles. The second-order valence-electron chi connectivity index (χ2n) is 17.1. The van der Waals surface area contributed by atoms with E-state index in [0.717, 1.165) is 83.1 Å². The molecule has 0 radical (unpaired) electrons. The second kappa shape index (κ2) is 13.0. The van der Waals surface area contributed by atoms with Crippen LogP contribution in [0.2, 0.25) is 0 Å². The van der Waals surface area contributed by atoms with Crippen molar-refractivity contribution in [3.63, 3.8) is 0 Å². The van der Waals surface area contributed by atoms with E-state index in [4.69, 9.17) is 9.40 Å². The normalized spacial score (nSPS) is 13.1. The molecule has 0 spiro atoms. The monoisotopic (exact) mass is 793 g/mol. The number of benzene rings is 9. The van der Waals surface area contributed by atoms with Crippen molar-refractivity contribution in [1.82, 2.24) is 9.55 Å². The summed E-state index contributed by atoms with van der Waals surface area (Å²) in [5.74, 6) is 0. The molecule has 0 saturated heterocycles. The fraction of sp³-hybridized carbons (Fsp3) is 0.0517. The number of furan rings is 1. The highest BCUT2D eigenvalue weighted by atomic mass is 16.3. The molecule has 9 aromatic carbocycles. The first-order chi connectivity index (χ1) is 30.5. The summed E-state index contributed by atoms with van der Waals surface area (Å²) in [6.45, 7) is 4.70. The molecule has 0 fully saturated rings. The van der Waals surface area contributed by atoms with E-state index in [9.17, 15) is 0 Å². The molecular weight excluding hydrogens is 755 g/mol. The minimum absolute atomic E-state index is 0.144. The fourth-order valence-corrected chi connectivity index (χ4v) is 10.4. The summed E-state index contributed by atoms with van der Waals surface area (Å²) in [7, 11) is 0. The van der Waals surface area contributed by atoms with Crippen LogP contribution < -0.4 is 4.90 Å². The Morgan fingerprint density at radius 3 is 1.97 bits per heavy atom. The maximum atomic E-state index is 6.63. The highest BCUT2D eigenvalue weighted by molar-refractivity contribution is 6.24. The Hall–Kier alpha value is -7.95. The van der Waals surface area contributed by atoms with E-state index < -0.39 is 0 Å². The topological polar surface area (TPSA) is 34.2 Å². The zero-order chi connectivity index (χ0) is 41.1. The largest absolute Gasteiger partial charge is 0.455 e. The summed E-state index contributed by atoms with van der Waals surface area (Å²) in [6.07, 6.45) is 0. The van der Waals surface area contributed by atoms with Gasteiger partial charge in [0.1, 0.15) is 11.2 Å². The third kappa shape index (κ3) is 4.98. The Morgan fingerprint density at radius 1 is 0.468 bits per heavy atom. The minimum atomic E-state index is -0.144. The van der Waals surface area contributed by atoms with Gasteiger partial charge in [-0.2, -0.15) is 0 Å². The predicted molar refractivity (Wildman–Crippen MR) is 259 cm³/mol. The van der Waals surface area contributed by atoms with Gasteiger partial charge < -0.3 is 13.9 Å². The molecule has 0 bridgehead atoms. The van der Waals surface area contributed by atoms with Crippen LogP contribution in [0.4, 0.5) is 17.1 Å². The predicted octanol–water partition coefficient (Wildman–Crippen LogP) is 15.8. The minimum Gasteiger partial charge on any atom is -0.455 e. The summed E-state index contributed by atoms with van der Waals surface area (Å²) in [5, 5.41) is 7.95. The maximum absolute atomic E-state index is 6.63. The van der Waals surface area contributed by atoms with Crippen LogP contribution in [0.5, 0.6) is 0 Å². The molecule has 0 N–H and O–H groups in total. The van der Waals surface area contributed by atoms with E-state index in [1.807, 2.05) is 6.07 Å². The molecular formula is C58H39N3O. The van der Waals surface area contributed by atoms with Gasteiger partial charge in [-0.25, -0.2) is 4.98 Å². The Balaban J connectivity index is 1.02. The van der Waals surface area contributed by atoms with Crippen LogP contribution in [0.3, 0.4) is 0 Å². The number of fused-ring (bicyclic) bond motifs is 13. The van der Waals surface area contributed by atoms with E-state index in [1.54, 1.807) is 0 Å². The second-order valence-corrected chi connectivity index (χ2v) is 17.1. The van der Waals surface area contributed by atoms with Gasteiger partial charge in [0.2, 0.25) is 0 Å². The highest BCUT2D eigenvalue weighted by Crippen LogP contribution is 2.51. The van der Waals surface area contributed by atoms with Crippen LogP contribution in [0, 0.1) is 0 Å². The third-order valence-corrected chi connectivity index (χ3v) is 13.4. The van der Waals surface area contributed by atoms with E-state index in [1.165, 1.54) is 38.5 Å². The van der Waals surface area contributed by atoms with Crippen LogP contribution >= 0.6 is 0 Å². The molecule has 4 nitrogen and oxygen atoms in total. The lowest BCUT2D eigenvalue weighted by Crippen LogP contribution is -2.16. The van der Waals surface area contributed by atoms with Crippen LogP contribution in [-0.4, -0.2) is 9.55 Å². The van der Waals surface area contributed by atoms with E-state index >= 15 is 0 Å². The van der Waals surface area contributed by atoms with Gasteiger partial charge in [-0.1, -0.05) is 141 Å². The van der Waals surface area contributed by atoms with Crippen LogP contribution in [0.25, 0.3) is 93.5 Å². The van der Waals surface area contributed by atoms with Gasteiger partial charge in [0.15, 0.2) is 0 Å². The zero-order valence-electron chi connectivity index (χ0n) is 34.3. The van der Waals surface area contributed by atoms with E-state index in [-0.39, 0.29) is 5.41 Å². The fourth-order valence-electron chi connectivity index (χ4n) is 10.4. The summed E-state index contributed by atoms with van der Waals surface area (Å²) in [4.78, 5) is 7.75. The third-order valence-electron chi connectivity index (χ3n) is 13.4. The SMILES string of the molecule is CC1(C)c2ccccc2-c2ccc(N(c3ccc(-c4nc5ccccc5c5c4ccc4c6ccccc6oc45)cc3)c3ccc4c5ccccc5n(-c5ccccc5)c4c3)cc21. The number of hydrogen-bond acceptors (Lipinski definition) is 3. The average Bonchev–Trinajstić information content (AvgIpc) is 3.94. The van der Waals surface area contributed by atoms with Crippen molar-refractivity contribution >= 4 is 82.5 Å². The number of nitrogens with zero attached hydrogens (tertiary/aromatic N) is 3. The van der Waals surface area contributed by atoms with Crippen molar-refractivity contribution in [2.75, 3.05) is 4.90 Å². The van der Waals surface area contributed by atoms with Crippen molar-refractivity contribution in [2.24, 2.45) is 0 Å². The summed E-state index contributed by atoms with van der Waals surface area (Å²) >= 11 is 0. The Kier molecular flexibility index (Phi) is 7.32. The van der Waals surface area contributed by atoms with Crippen molar-refractivity contribution in [2.45, 2.75) is 19.3 Å². The smallest absolute Gasteiger partial charge is 0.144 e. The lowest BCUT2D eigenvalue weighted by Gasteiger charge is -2.28. The van der Waals surface area contributed by atoms with Gasteiger partial charge >= 0.3 is 0 Å². The molecule has 13 rings (SSSR count). The number of pyridine rings is 1. The van der Waals surface area contributed by atoms with Gasteiger partial charge in [0.25, 0.3) is 0 Å². The van der Waals surface area contributed by atoms with Crippen LogP contribution in [0.15, 0.2) is 205 Å². The van der Waals surface area contributed by atoms with E-state index in [0.29, 0.717) is 0 Å². The van der Waals surface area contributed by atoms with E-state index in [2.05, 4.69) is 217 Å². The molecule has 0 unspecified atom stereocenters. The van der Waals surface area contributed by atoms with Crippen molar-refractivity contribution in [3.8, 4) is 28.1 Å². The number of para-hydroxylation sites is 4. The van der Waals surface area contributed by atoms with Crippen molar-refractivity contribution in [1.29, 1.82) is 0 Å². The molecule has 0 amide bonds. The van der Waals surface area contributed by atoms with Gasteiger partial charge in [0.05, 0.1) is 22.2 Å². The number of aromatic nitrogens is 2. The number of anilines is 3. The molecule has 292 valence electrons. The molecule has 1 aliphatic rings. The Morgan fingerprint density at radius 2 is 1.10 bits per heavy atom. The molecule has 0 aliphatic heterocycles. The lowest BCUT2D eigenvalue weighted by atomic mass is 9.82. The molecule has 62 heavy (non-hydrogen) atoms. The molecule has 4 heteroatoms. The van der Waals surface area contributed by atoms with Gasteiger partial charge in [0, 0.05) is 71.4 Å². The standard InChI is InChI=1S/C58H39N3O/c1-58(2)49-20-10-6-16-41(49)42-30-28-39(34-50(42)58)60(40-29-31-44-43-17-8-12-22-52(43)61(53(44)35-40)37-14-4-3-5-15-37)38-26-24-36(25-27-38)56-48-33-32-46-45-18-9-13-23-54(45)62-57(46)55(48)47-19-7-11-21-51(47)59-56/h3-35H,1-2H3. The first-order valence-electron chi connectivity index (χ1n) is 21.4. The van der Waals surface area contributed by atoms with Crippen molar-refractivity contribution < 1.29 is 4.42 Å². The molecule has 12 aromatic rings.